The quantitative estimate of drug-likeness (QED) is 0.788. The second-order valence-electron chi connectivity index (χ2n) is 5.85. The molecule has 1 atom stereocenters. The maximum Gasteiger partial charge on any atom is 0.416 e. The molecule has 7 heteroatoms. The molecule has 2 rings (SSSR count). The smallest absolute Gasteiger partial charge is 0.416 e. The van der Waals surface area contributed by atoms with Gasteiger partial charge in [0.2, 0.25) is 6.23 Å². The fraction of sp³-hybridized carbons (Fsp3) is 0.467. The zero-order chi connectivity index (χ0) is 16.5. The first kappa shape index (κ1) is 16.5. The summed E-state index contributed by atoms with van der Waals surface area (Å²) in [5.41, 5.74) is -0.490. The normalized spacial score (nSPS) is 19.0. The number of ether oxygens (including phenoxy) is 2. The van der Waals surface area contributed by atoms with E-state index in [0.29, 0.717) is 11.3 Å². The Morgan fingerprint density at radius 3 is 2.32 bits per heavy atom. The third-order valence-electron chi connectivity index (χ3n) is 2.80. The second-order valence-corrected chi connectivity index (χ2v) is 5.85. The third-order valence-corrected chi connectivity index (χ3v) is 2.80. The number of rotatable bonds is 2. The average molecular weight is 315 g/mol. The van der Waals surface area contributed by atoms with Crippen LogP contribution in [0.15, 0.2) is 29.3 Å². The van der Waals surface area contributed by atoms with Crippen LogP contribution in [-0.2, 0) is 20.4 Å². The average Bonchev–Trinajstić information content (AvgIpc) is 2.85. The van der Waals surface area contributed by atoms with Gasteiger partial charge in [0.15, 0.2) is 0 Å². The molecule has 1 heterocycles. The molecular formula is C15H16F3NO3. The zero-order valence-corrected chi connectivity index (χ0v) is 12.4. The van der Waals surface area contributed by atoms with Crippen molar-refractivity contribution in [3.63, 3.8) is 0 Å². The number of aliphatic imine (C=N–C) groups is 1. The minimum Gasteiger partial charge on any atom is -0.457 e. The molecule has 0 radical (unpaired) electrons. The highest BCUT2D eigenvalue weighted by molar-refractivity contribution is 6.03. The molecule has 120 valence electrons. The van der Waals surface area contributed by atoms with Crippen LogP contribution in [0.1, 0.15) is 31.9 Å². The summed E-state index contributed by atoms with van der Waals surface area (Å²) in [5, 5.41) is 0. The summed E-state index contributed by atoms with van der Waals surface area (Å²) in [5.74, 6) is -0.616. The van der Waals surface area contributed by atoms with Gasteiger partial charge < -0.3 is 9.47 Å². The molecule has 1 aliphatic rings. The summed E-state index contributed by atoms with van der Waals surface area (Å²) >= 11 is 0. The van der Waals surface area contributed by atoms with E-state index in [4.69, 9.17) is 9.47 Å². The summed E-state index contributed by atoms with van der Waals surface area (Å²) in [6.45, 7) is 5.22. The molecular weight excluding hydrogens is 299 g/mol. The van der Waals surface area contributed by atoms with Gasteiger partial charge in [-0.2, -0.15) is 13.2 Å². The van der Waals surface area contributed by atoms with Crippen molar-refractivity contribution in [2.45, 2.75) is 38.8 Å². The lowest BCUT2D eigenvalue weighted by molar-refractivity contribution is -0.165. The number of carbonyl (C=O) groups is 1. The van der Waals surface area contributed by atoms with E-state index in [1.165, 1.54) is 12.1 Å². The molecule has 0 amide bonds. The van der Waals surface area contributed by atoms with E-state index in [-0.39, 0.29) is 6.61 Å². The highest BCUT2D eigenvalue weighted by atomic mass is 19.4. The van der Waals surface area contributed by atoms with Gasteiger partial charge in [0.05, 0.1) is 17.9 Å². The van der Waals surface area contributed by atoms with Crippen LogP contribution in [0, 0.1) is 0 Å². The Morgan fingerprint density at radius 2 is 1.82 bits per heavy atom. The first-order chi connectivity index (χ1) is 10.1. The van der Waals surface area contributed by atoms with Gasteiger partial charge in [0.1, 0.15) is 5.60 Å². The van der Waals surface area contributed by atoms with Crippen molar-refractivity contribution >= 4 is 11.7 Å². The molecule has 0 aliphatic carbocycles. The molecule has 0 unspecified atom stereocenters. The fourth-order valence-corrected chi connectivity index (χ4v) is 1.86. The summed E-state index contributed by atoms with van der Waals surface area (Å²) in [4.78, 5) is 15.9. The maximum absolute atomic E-state index is 12.5. The number of nitrogens with zero attached hydrogens (tertiary/aromatic N) is 1. The Morgan fingerprint density at radius 1 is 1.23 bits per heavy atom. The highest BCUT2D eigenvalue weighted by Crippen LogP contribution is 2.29. The van der Waals surface area contributed by atoms with Crippen molar-refractivity contribution in [1.29, 1.82) is 0 Å². The monoisotopic (exact) mass is 315 g/mol. The molecule has 4 nitrogen and oxygen atoms in total. The third kappa shape index (κ3) is 4.07. The van der Waals surface area contributed by atoms with Crippen molar-refractivity contribution in [1.82, 2.24) is 0 Å². The molecule has 1 aromatic rings. The number of hydrogen-bond acceptors (Lipinski definition) is 4. The Bertz CT molecular complexity index is 586. The summed E-state index contributed by atoms with van der Waals surface area (Å²) in [6.07, 6.45) is -5.46. The summed E-state index contributed by atoms with van der Waals surface area (Å²) in [6, 6.07) is 4.56. The van der Waals surface area contributed by atoms with Gasteiger partial charge >= 0.3 is 12.1 Å². The van der Waals surface area contributed by atoms with Gasteiger partial charge in [-0.1, -0.05) is 12.1 Å². The van der Waals surface area contributed by atoms with Crippen LogP contribution in [-0.4, -0.2) is 30.1 Å². The Kier molecular flexibility index (Phi) is 4.28. The molecule has 0 fully saturated rings. The number of esters is 1. The van der Waals surface area contributed by atoms with Crippen LogP contribution in [0.2, 0.25) is 0 Å². The standard InChI is InChI=1S/C15H16F3NO3/c1-14(2,3)22-13(20)12-19-11(8-21-12)9-4-6-10(7-5-9)15(16,17)18/h4-7,12H,8H2,1-3H3/t12-/m0/s1. The van der Waals surface area contributed by atoms with E-state index in [2.05, 4.69) is 4.99 Å². The number of hydrogen-bond donors (Lipinski definition) is 0. The maximum atomic E-state index is 12.5. The van der Waals surface area contributed by atoms with Gasteiger partial charge in [-0.05, 0) is 38.5 Å². The largest absolute Gasteiger partial charge is 0.457 e. The number of alkyl halides is 3. The lowest BCUT2D eigenvalue weighted by Gasteiger charge is -2.20. The van der Waals surface area contributed by atoms with Gasteiger partial charge in [-0.25, -0.2) is 9.79 Å². The molecule has 0 aromatic heterocycles. The molecule has 0 bridgehead atoms. The number of benzene rings is 1. The first-order valence-electron chi connectivity index (χ1n) is 6.65. The van der Waals surface area contributed by atoms with E-state index in [9.17, 15) is 18.0 Å². The zero-order valence-electron chi connectivity index (χ0n) is 12.4. The second kappa shape index (κ2) is 5.72. The van der Waals surface area contributed by atoms with Crippen molar-refractivity contribution in [3.05, 3.63) is 35.4 Å². The lowest BCUT2D eigenvalue weighted by atomic mass is 10.1. The summed E-state index contributed by atoms with van der Waals surface area (Å²) in [7, 11) is 0. The van der Waals surface area contributed by atoms with Gasteiger partial charge in [-0.15, -0.1) is 0 Å². The van der Waals surface area contributed by atoms with Crippen LogP contribution < -0.4 is 0 Å². The fourth-order valence-electron chi connectivity index (χ4n) is 1.86. The summed E-state index contributed by atoms with van der Waals surface area (Å²) < 4.78 is 47.9. The van der Waals surface area contributed by atoms with E-state index >= 15 is 0 Å². The minimum absolute atomic E-state index is 0.0509. The van der Waals surface area contributed by atoms with E-state index in [1.807, 2.05) is 0 Å². The molecule has 0 saturated carbocycles. The lowest BCUT2D eigenvalue weighted by Crippen LogP contribution is -2.30. The number of carbonyl (C=O) groups excluding carboxylic acids is 1. The van der Waals surface area contributed by atoms with E-state index in [0.717, 1.165) is 12.1 Å². The molecule has 0 saturated heterocycles. The Labute approximate surface area is 125 Å². The number of halogens is 3. The van der Waals surface area contributed by atoms with Gasteiger partial charge in [0, 0.05) is 0 Å². The SMILES string of the molecule is CC(C)(C)OC(=O)[C@H]1N=C(c2ccc(C(F)(F)F)cc2)CO1. The van der Waals surface area contributed by atoms with Crippen molar-refractivity contribution in [2.24, 2.45) is 4.99 Å². The predicted molar refractivity (Wildman–Crippen MR) is 73.6 cm³/mol. The molecule has 22 heavy (non-hydrogen) atoms. The van der Waals surface area contributed by atoms with Crippen LogP contribution in [0.4, 0.5) is 13.2 Å². The molecule has 1 aliphatic heterocycles. The van der Waals surface area contributed by atoms with Crippen LogP contribution in [0.5, 0.6) is 0 Å². The highest BCUT2D eigenvalue weighted by Gasteiger charge is 2.32. The van der Waals surface area contributed by atoms with Crippen molar-refractivity contribution in [3.8, 4) is 0 Å². The van der Waals surface area contributed by atoms with Crippen molar-refractivity contribution < 1.29 is 27.4 Å². The van der Waals surface area contributed by atoms with Crippen molar-refractivity contribution in [2.75, 3.05) is 6.61 Å². The van der Waals surface area contributed by atoms with Crippen LogP contribution in [0.3, 0.4) is 0 Å². The minimum atomic E-state index is -4.38. The predicted octanol–water partition coefficient (Wildman–Crippen LogP) is 3.19. The molecule has 1 aromatic carbocycles. The Hall–Kier alpha value is -1.89. The first-order valence-corrected chi connectivity index (χ1v) is 6.65. The molecule has 0 N–H and O–H groups in total. The van der Waals surface area contributed by atoms with E-state index < -0.39 is 29.5 Å². The Balaban J connectivity index is 2.11. The van der Waals surface area contributed by atoms with Crippen LogP contribution in [0.25, 0.3) is 0 Å². The van der Waals surface area contributed by atoms with Gasteiger partial charge in [-0.3, -0.25) is 0 Å². The van der Waals surface area contributed by atoms with Crippen LogP contribution >= 0.6 is 0 Å². The van der Waals surface area contributed by atoms with Gasteiger partial charge in [0.25, 0.3) is 0 Å². The molecule has 0 spiro atoms. The van der Waals surface area contributed by atoms with E-state index in [1.54, 1.807) is 20.8 Å². The topological polar surface area (TPSA) is 47.9 Å².